The van der Waals surface area contributed by atoms with Gasteiger partial charge in [-0.3, -0.25) is 14.5 Å². The molecule has 0 saturated heterocycles. The number of aliphatic hydroxyl groups excluding tert-OH is 1. The molecule has 4 N–H and O–H groups in total. The molecule has 3 aromatic heterocycles. The van der Waals surface area contributed by atoms with E-state index in [0.717, 1.165) is 31.2 Å². The van der Waals surface area contributed by atoms with Gasteiger partial charge in [0.25, 0.3) is 17.7 Å². The molecule has 0 aliphatic heterocycles. The molecule has 0 aromatic carbocycles. The van der Waals surface area contributed by atoms with Crippen molar-refractivity contribution in [2.24, 2.45) is 17.8 Å². The maximum Gasteiger partial charge on any atom is 0.330 e. The van der Waals surface area contributed by atoms with Crippen molar-refractivity contribution in [1.29, 1.82) is 0 Å². The van der Waals surface area contributed by atoms with Crippen molar-refractivity contribution in [3.05, 3.63) is 59.6 Å². The molecule has 2 atom stereocenters. The standard InChI is InChI=1S/C28H33FN6O3/c1-15-12-21(17(3)30-13-15)20-8-9-23(32-26(20)29)33-28(38)25(24(18-4-5-18)19-6-7-19)34-27(37)22-10-11-31-35(22)16(2)14-36/h8-13,16,18-19,24-25,36H,4-7,14H2,1-3H3,(H,34,37)(H,32,33,38)/p+1/t16-,25-/m0/s1. The van der Waals surface area contributed by atoms with Gasteiger partial charge in [-0.25, -0.2) is 15.1 Å². The fraction of sp³-hybridized carbons (Fsp3) is 0.464. The molecule has 0 bridgehead atoms. The minimum atomic E-state index is -0.783. The zero-order valence-electron chi connectivity index (χ0n) is 21.9. The second kappa shape index (κ2) is 10.6. The van der Waals surface area contributed by atoms with Gasteiger partial charge in [0.15, 0.2) is 0 Å². The number of hydrogen-bond acceptors (Lipinski definition) is 5. The second-order valence-electron chi connectivity index (χ2n) is 10.6. The quantitative estimate of drug-likeness (QED) is 0.354. The van der Waals surface area contributed by atoms with Crippen molar-refractivity contribution < 1.29 is 24.1 Å². The van der Waals surface area contributed by atoms with Crippen LogP contribution in [0, 0.1) is 37.5 Å². The normalized spacial score (nSPS) is 16.8. The Kier molecular flexibility index (Phi) is 7.25. The largest absolute Gasteiger partial charge is 0.394 e. The van der Waals surface area contributed by atoms with Crippen LogP contribution >= 0.6 is 0 Å². The highest BCUT2D eigenvalue weighted by Gasteiger charge is 2.49. The Morgan fingerprint density at radius 1 is 1.16 bits per heavy atom. The van der Waals surface area contributed by atoms with E-state index in [0.29, 0.717) is 28.7 Å². The third kappa shape index (κ3) is 5.45. The minimum absolute atomic E-state index is 0.00993. The number of rotatable bonds is 10. The van der Waals surface area contributed by atoms with E-state index in [2.05, 4.69) is 25.7 Å². The number of nitrogens with one attached hydrogen (secondary N) is 3. The summed E-state index contributed by atoms with van der Waals surface area (Å²) in [4.78, 5) is 33.9. The van der Waals surface area contributed by atoms with Gasteiger partial charge in [-0.15, -0.1) is 0 Å². The molecule has 2 aliphatic carbocycles. The summed E-state index contributed by atoms with van der Waals surface area (Å²) in [6.07, 6.45) is 7.34. The molecule has 2 fully saturated rings. The number of aliphatic hydroxyl groups is 1. The van der Waals surface area contributed by atoms with Crippen LogP contribution in [0.5, 0.6) is 0 Å². The number of carbonyl (C=O) groups excluding carboxylic acids is 2. The van der Waals surface area contributed by atoms with E-state index >= 15 is 4.39 Å². The second-order valence-corrected chi connectivity index (χ2v) is 10.6. The molecule has 0 spiro atoms. The maximum atomic E-state index is 15.1. The highest BCUT2D eigenvalue weighted by atomic mass is 19.1. The molecule has 2 amide bonds. The van der Waals surface area contributed by atoms with Crippen LogP contribution in [0.3, 0.4) is 0 Å². The first-order chi connectivity index (χ1) is 18.3. The summed E-state index contributed by atoms with van der Waals surface area (Å²) in [6.45, 7) is 5.30. The lowest BCUT2D eigenvalue weighted by atomic mass is 9.88. The van der Waals surface area contributed by atoms with Gasteiger partial charge in [0.2, 0.25) is 0 Å². The molecule has 0 radical (unpaired) electrons. The predicted octanol–water partition coefficient (Wildman–Crippen LogP) is 3.24. The zero-order valence-corrected chi connectivity index (χ0v) is 21.9. The summed E-state index contributed by atoms with van der Waals surface area (Å²) in [6, 6.07) is 5.52. The number of amides is 2. The lowest BCUT2D eigenvalue weighted by Gasteiger charge is -2.26. The number of H-pyrrole nitrogens is 1. The van der Waals surface area contributed by atoms with E-state index in [1.54, 1.807) is 31.3 Å². The van der Waals surface area contributed by atoms with Gasteiger partial charge < -0.3 is 10.4 Å². The van der Waals surface area contributed by atoms with Crippen LogP contribution in [0.15, 0.2) is 36.7 Å². The Labute approximate surface area is 220 Å². The van der Waals surface area contributed by atoms with Gasteiger partial charge in [0.05, 0.1) is 18.2 Å². The number of hydrogen-bond donors (Lipinski definition) is 3. The van der Waals surface area contributed by atoms with E-state index in [-0.39, 0.29) is 36.0 Å². The molecule has 0 unspecified atom stereocenters. The molecule has 3 heterocycles. The molecule has 10 heteroatoms. The van der Waals surface area contributed by atoms with Gasteiger partial charge in [-0.2, -0.15) is 9.49 Å². The highest BCUT2D eigenvalue weighted by molar-refractivity contribution is 6.00. The SMILES string of the molecule is Cc1cnc(C)c(-c2ccc(NC(=O)[C@@H](NC(=O)c3ccnn3[C@@H](C)CO)C(C3CC3)C3CC3)[nH+]c2F)c1. The summed E-state index contributed by atoms with van der Waals surface area (Å²) >= 11 is 0. The molecule has 2 aliphatic rings. The fourth-order valence-electron chi connectivity index (χ4n) is 5.23. The average molecular weight is 522 g/mol. The summed E-state index contributed by atoms with van der Waals surface area (Å²) in [5.74, 6) is -0.433. The number of carbonyl (C=O) groups is 2. The smallest absolute Gasteiger partial charge is 0.330 e. The van der Waals surface area contributed by atoms with Crippen LogP contribution in [-0.2, 0) is 4.79 Å². The van der Waals surface area contributed by atoms with E-state index < -0.39 is 17.9 Å². The van der Waals surface area contributed by atoms with Crippen molar-refractivity contribution in [2.75, 3.05) is 11.9 Å². The van der Waals surface area contributed by atoms with Crippen LogP contribution in [0.1, 0.15) is 60.4 Å². The van der Waals surface area contributed by atoms with E-state index in [1.165, 1.54) is 10.9 Å². The van der Waals surface area contributed by atoms with Crippen LogP contribution in [0.25, 0.3) is 11.1 Å². The number of nitrogens with zero attached hydrogens (tertiary/aromatic N) is 3. The fourth-order valence-corrected chi connectivity index (χ4v) is 5.23. The monoisotopic (exact) mass is 521 g/mol. The van der Waals surface area contributed by atoms with E-state index in [9.17, 15) is 14.7 Å². The molecule has 9 nitrogen and oxygen atoms in total. The minimum Gasteiger partial charge on any atom is -0.394 e. The Bertz CT molecular complexity index is 1340. The van der Waals surface area contributed by atoms with Crippen LogP contribution < -0.4 is 15.6 Å². The number of aromatic nitrogens is 4. The van der Waals surface area contributed by atoms with Gasteiger partial charge in [-0.1, -0.05) is 0 Å². The number of pyridine rings is 2. The predicted molar refractivity (Wildman–Crippen MR) is 139 cm³/mol. The van der Waals surface area contributed by atoms with Crippen LogP contribution in [-0.4, -0.2) is 44.3 Å². The Morgan fingerprint density at radius 2 is 1.87 bits per heavy atom. The summed E-state index contributed by atoms with van der Waals surface area (Å²) in [7, 11) is 0. The summed E-state index contributed by atoms with van der Waals surface area (Å²) < 4.78 is 16.6. The zero-order chi connectivity index (χ0) is 27.0. The van der Waals surface area contributed by atoms with Gasteiger partial charge in [0, 0.05) is 29.7 Å². The summed E-state index contributed by atoms with van der Waals surface area (Å²) in [5, 5.41) is 19.5. The van der Waals surface area contributed by atoms with Crippen molar-refractivity contribution in [3.8, 4) is 11.1 Å². The van der Waals surface area contributed by atoms with Gasteiger partial charge in [-0.05, 0) is 88.0 Å². The average Bonchev–Trinajstić information content (AvgIpc) is 3.84. The molecular formula is C28H34FN6O3+. The van der Waals surface area contributed by atoms with Gasteiger partial charge >= 0.3 is 5.91 Å². The molecule has 5 rings (SSSR count). The Balaban J connectivity index is 1.39. The lowest BCUT2D eigenvalue weighted by molar-refractivity contribution is -0.404. The number of aryl methyl sites for hydroxylation is 2. The third-order valence-corrected chi connectivity index (χ3v) is 7.54. The Morgan fingerprint density at radius 3 is 2.50 bits per heavy atom. The van der Waals surface area contributed by atoms with Crippen molar-refractivity contribution >= 4 is 17.6 Å². The van der Waals surface area contributed by atoms with Crippen molar-refractivity contribution in [3.63, 3.8) is 0 Å². The molecule has 2 saturated carbocycles. The highest BCUT2D eigenvalue weighted by Crippen LogP contribution is 2.51. The number of halogens is 1. The third-order valence-electron chi connectivity index (χ3n) is 7.54. The first-order valence-corrected chi connectivity index (χ1v) is 13.2. The van der Waals surface area contributed by atoms with E-state index in [4.69, 9.17) is 0 Å². The van der Waals surface area contributed by atoms with E-state index in [1.807, 2.05) is 19.9 Å². The molecular weight excluding hydrogens is 487 g/mol. The van der Waals surface area contributed by atoms with Gasteiger partial charge in [0.1, 0.15) is 11.7 Å². The summed E-state index contributed by atoms with van der Waals surface area (Å²) in [5.41, 5.74) is 2.94. The molecule has 38 heavy (non-hydrogen) atoms. The number of anilines is 1. The van der Waals surface area contributed by atoms with Crippen molar-refractivity contribution in [2.45, 2.75) is 58.5 Å². The first kappa shape index (κ1) is 26.0. The molecule has 200 valence electrons. The molecule has 3 aromatic rings. The lowest BCUT2D eigenvalue weighted by Crippen LogP contribution is -2.50. The maximum absolute atomic E-state index is 15.1. The Hall–Kier alpha value is -3.66. The topological polar surface area (TPSA) is 123 Å². The van der Waals surface area contributed by atoms with Crippen LogP contribution in [0.2, 0.25) is 0 Å². The van der Waals surface area contributed by atoms with Crippen molar-refractivity contribution in [1.82, 2.24) is 20.1 Å². The number of aromatic amines is 1. The first-order valence-electron chi connectivity index (χ1n) is 13.2. The van der Waals surface area contributed by atoms with Crippen LogP contribution in [0.4, 0.5) is 10.2 Å².